The van der Waals surface area contributed by atoms with E-state index in [1.807, 2.05) is 6.20 Å². The molecule has 0 saturated carbocycles. The Morgan fingerprint density at radius 2 is 2.28 bits per heavy atom. The second-order valence-corrected chi connectivity index (χ2v) is 5.10. The van der Waals surface area contributed by atoms with Crippen LogP contribution in [0.4, 0.5) is 11.5 Å². The van der Waals surface area contributed by atoms with Crippen molar-refractivity contribution in [3.8, 4) is 0 Å². The second-order valence-electron chi connectivity index (χ2n) is 5.10. The number of anilines is 2. The Kier molecular flexibility index (Phi) is 4.42. The maximum atomic E-state index is 4.36. The molecule has 1 N–H and O–H groups in total. The molecule has 100 valence electrons. The summed E-state index contributed by atoms with van der Waals surface area (Å²) in [4.78, 5) is 9.22. The van der Waals surface area contributed by atoms with E-state index in [-0.39, 0.29) is 0 Å². The van der Waals surface area contributed by atoms with Gasteiger partial charge in [0.1, 0.15) is 5.82 Å². The maximum absolute atomic E-state index is 4.36. The summed E-state index contributed by atoms with van der Waals surface area (Å²) in [5, 5.41) is 3.35. The van der Waals surface area contributed by atoms with E-state index in [1.165, 1.54) is 5.69 Å². The van der Waals surface area contributed by atoms with Gasteiger partial charge in [0.25, 0.3) is 0 Å². The number of rotatable bonds is 4. The molecule has 0 aliphatic carbocycles. The van der Waals surface area contributed by atoms with Crippen LogP contribution in [-0.2, 0) is 0 Å². The van der Waals surface area contributed by atoms with E-state index in [1.54, 1.807) is 0 Å². The summed E-state index contributed by atoms with van der Waals surface area (Å²) >= 11 is 0. The molecular formula is C14H24N4. The lowest BCUT2D eigenvalue weighted by Gasteiger charge is -2.39. The molecular weight excluding hydrogens is 224 g/mol. The maximum Gasteiger partial charge on any atom is 0.127 e. The number of nitrogens with one attached hydrogen (secondary N) is 1. The molecule has 4 nitrogen and oxygen atoms in total. The molecule has 1 aliphatic rings. The Hall–Kier alpha value is -1.29. The number of nitrogens with zero attached hydrogens (tertiary/aromatic N) is 3. The van der Waals surface area contributed by atoms with Gasteiger partial charge < -0.3 is 15.1 Å². The predicted molar refractivity (Wildman–Crippen MR) is 77.3 cm³/mol. The lowest BCUT2D eigenvalue weighted by Crippen LogP contribution is -2.50. The molecule has 4 heteroatoms. The molecule has 1 aliphatic heterocycles. The number of hydrogen-bond acceptors (Lipinski definition) is 4. The van der Waals surface area contributed by atoms with E-state index in [4.69, 9.17) is 0 Å². The largest absolute Gasteiger partial charge is 0.370 e. The van der Waals surface area contributed by atoms with E-state index in [2.05, 4.69) is 53.1 Å². The van der Waals surface area contributed by atoms with Gasteiger partial charge in [-0.2, -0.15) is 0 Å². The van der Waals surface area contributed by atoms with Gasteiger partial charge in [0.15, 0.2) is 0 Å². The monoisotopic (exact) mass is 248 g/mol. The van der Waals surface area contributed by atoms with Gasteiger partial charge in [0, 0.05) is 50.2 Å². The zero-order valence-corrected chi connectivity index (χ0v) is 11.7. The molecule has 0 amide bonds. The molecule has 0 bridgehead atoms. The number of pyridine rings is 1. The molecule has 0 spiro atoms. The Bertz CT molecular complexity index is 380. The molecule has 1 aromatic rings. The van der Waals surface area contributed by atoms with Gasteiger partial charge in [0.05, 0.1) is 0 Å². The van der Waals surface area contributed by atoms with Crippen molar-refractivity contribution >= 4 is 11.5 Å². The van der Waals surface area contributed by atoms with Crippen LogP contribution in [0.1, 0.15) is 20.3 Å². The van der Waals surface area contributed by atoms with E-state index in [9.17, 15) is 0 Å². The molecule has 2 heterocycles. The van der Waals surface area contributed by atoms with Crippen molar-refractivity contribution in [3.05, 3.63) is 18.3 Å². The zero-order chi connectivity index (χ0) is 13.0. The summed E-state index contributed by atoms with van der Waals surface area (Å²) in [5.41, 5.74) is 1.28. The molecule has 18 heavy (non-hydrogen) atoms. The van der Waals surface area contributed by atoms with Crippen molar-refractivity contribution in [3.63, 3.8) is 0 Å². The van der Waals surface area contributed by atoms with Crippen LogP contribution in [-0.4, -0.2) is 49.2 Å². The lowest BCUT2D eigenvalue weighted by atomic mass is 10.2. The van der Waals surface area contributed by atoms with Gasteiger partial charge in [-0.25, -0.2) is 4.98 Å². The van der Waals surface area contributed by atoms with Crippen LogP contribution in [0.3, 0.4) is 0 Å². The quantitative estimate of drug-likeness (QED) is 0.883. The SMILES string of the molecule is CCCNc1cc(N2CCN(C)C(C)C2)ccn1. The Morgan fingerprint density at radius 3 is 3.00 bits per heavy atom. The topological polar surface area (TPSA) is 31.4 Å². The van der Waals surface area contributed by atoms with E-state index >= 15 is 0 Å². The highest BCUT2D eigenvalue weighted by atomic mass is 15.3. The van der Waals surface area contributed by atoms with Crippen LogP contribution in [0.5, 0.6) is 0 Å². The van der Waals surface area contributed by atoms with Gasteiger partial charge in [-0.1, -0.05) is 6.92 Å². The molecule has 0 radical (unpaired) electrons. The first-order valence-electron chi connectivity index (χ1n) is 6.86. The van der Waals surface area contributed by atoms with Crippen LogP contribution in [0.25, 0.3) is 0 Å². The first kappa shape index (κ1) is 13.1. The normalized spacial score (nSPS) is 21.1. The van der Waals surface area contributed by atoms with Crippen molar-refractivity contribution in [1.82, 2.24) is 9.88 Å². The van der Waals surface area contributed by atoms with Crippen molar-refractivity contribution in [2.75, 3.05) is 43.4 Å². The summed E-state index contributed by atoms with van der Waals surface area (Å²) < 4.78 is 0. The fourth-order valence-electron chi connectivity index (χ4n) is 2.25. The molecule has 1 unspecified atom stereocenters. The highest BCUT2D eigenvalue weighted by Gasteiger charge is 2.20. The van der Waals surface area contributed by atoms with Gasteiger partial charge >= 0.3 is 0 Å². The Morgan fingerprint density at radius 1 is 1.44 bits per heavy atom. The summed E-state index contributed by atoms with van der Waals surface area (Å²) in [6, 6.07) is 4.88. The van der Waals surface area contributed by atoms with E-state index in [0.717, 1.165) is 38.4 Å². The average molecular weight is 248 g/mol. The van der Waals surface area contributed by atoms with E-state index < -0.39 is 0 Å². The third-order valence-corrected chi connectivity index (χ3v) is 3.62. The minimum Gasteiger partial charge on any atom is -0.370 e. The van der Waals surface area contributed by atoms with Crippen molar-refractivity contribution in [2.45, 2.75) is 26.3 Å². The molecule has 1 saturated heterocycles. The van der Waals surface area contributed by atoms with E-state index in [0.29, 0.717) is 6.04 Å². The van der Waals surface area contributed by atoms with Crippen LogP contribution < -0.4 is 10.2 Å². The Labute approximate surface area is 110 Å². The van der Waals surface area contributed by atoms with Gasteiger partial charge in [-0.3, -0.25) is 0 Å². The van der Waals surface area contributed by atoms with Crippen LogP contribution in [0, 0.1) is 0 Å². The number of aromatic nitrogens is 1. The standard InChI is InChI=1S/C14H24N4/c1-4-6-15-14-10-13(5-7-16-14)18-9-8-17(3)12(2)11-18/h5,7,10,12H,4,6,8-9,11H2,1-3H3,(H,15,16). The first-order valence-corrected chi connectivity index (χ1v) is 6.86. The van der Waals surface area contributed by atoms with Crippen molar-refractivity contribution in [1.29, 1.82) is 0 Å². The molecule has 1 fully saturated rings. The predicted octanol–water partition coefficient (Wildman–Crippen LogP) is 2.04. The first-order chi connectivity index (χ1) is 8.70. The van der Waals surface area contributed by atoms with Crippen molar-refractivity contribution in [2.24, 2.45) is 0 Å². The Balaban J connectivity index is 2.04. The number of likely N-dealkylation sites (N-methyl/N-ethyl adjacent to an activating group) is 1. The molecule has 0 aromatic carbocycles. The zero-order valence-electron chi connectivity index (χ0n) is 11.7. The van der Waals surface area contributed by atoms with Crippen LogP contribution >= 0.6 is 0 Å². The highest BCUT2D eigenvalue weighted by molar-refractivity contribution is 5.54. The third-order valence-electron chi connectivity index (χ3n) is 3.62. The molecule has 1 aromatic heterocycles. The van der Waals surface area contributed by atoms with Gasteiger partial charge in [-0.05, 0) is 26.5 Å². The van der Waals surface area contributed by atoms with Gasteiger partial charge in [0.2, 0.25) is 0 Å². The minimum atomic E-state index is 0.610. The summed E-state index contributed by atoms with van der Waals surface area (Å²) in [5.74, 6) is 0.987. The molecule has 2 rings (SSSR count). The summed E-state index contributed by atoms with van der Waals surface area (Å²) in [6.45, 7) is 8.74. The van der Waals surface area contributed by atoms with Crippen LogP contribution in [0.2, 0.25) is 0 Å². The lowest BCUT2D eigenvalue weighted by molar-refractivity contribution is 0.234. The number of hydrogen-bond donors (Lipinski definition) is 1. The molecule has 1 atom stereocenters. The average Bonchev–Trinajstić information content (AvgIpc) is 2.40. The highest BCUT2D eigenvalue weighted by Crippen LogP contribution is 2.20. The van der Waals surface area contributed by atoms with Gasteiger partial charge in [-0.15, -0.1) is 0 Å². The third kappa shape index (κ3) is 3.13. The van der Waals surface area contributed by atoms with Crippen molar-refractivity contribution < 1.29 is 0 Å². The summed E-state index contributed by atoms with van der Waals surface area (Å²) in [7, 11) is 2.20. The minimum absolute atomic E-state index is 0.610. The fourth-order valence-corrected chi connectivity index (χ4v) is 2.25. The second kappa shape index (κ2) is 6.05. The summed E-state index contributed by atoms with van der Waals surface area (Å²) in [6.07, 6.45) is 3.02. The number of piperazine rings is 1. The fraction of sp³-hybridized carbons (Fsp3) is 0.643. The smallest absolute Gasteiger partial charge is 0.127 e. The van der Waals surface area contributed by atoms with Crippen LogP contribution in [0.15, 0.2) is 18.3 Å².